The third kappa shape index (κ3) is 5.09. The minimum atomic E-state index is -3.79. The first kappa shape index (κ1) is 26.0. The summed E-state index contributed by atoms with van der Waals surface area (Å²) >= 11 is 12.4. The van der Waals surface area contributed by atoms with Gasteiger partial charge in [-0.1, -0.05) is 29.3 Å². The van der Waals surface area contributed by atoms with Crippen molar-refractivity contribution in [3.63, 3.8) is 0 Å². The first-order chi connectivity index (χ1) is 17.5. The van der Waals surface area contributed by atoms with Gasteiger partial charge in [0.05, 0.1) is 22.3 Å². The molecule has 194 valence electrons. The number of carbonyl (C=O) groups excluding carboxylic acids is 1. The Morgan fingerprint density at radius 1 is 1.14 bits per heavy atom. The van der Waals surface area contributed by atoms with E-state index in [-0.39, 0.29) is 32.7 Å². The van der Waals surface area contributed by atoms with E-state index in [1.54, 1.807) is 30.3 Å². The van der Waals surface area contributed by atoms with Crippen LogP contribution in [0.5, 0.6) is 0 Å². The Hall–Kier alpha value is -2.62. The van der Waals surface area contributed by atoms with Crippen molar-refractivity contribution in [2.75, 3.05) is 18.4 Å². The van der Waals surface area contributed by atoms with E-state index < -0.39 is 9.84 Å². The Morgan fingerprint density at radius 3 is 2.54 bits per heavy atom. The van der Waals surface area contributed by atoms with Crippen molar-refractivity contribution < 1.29 is 18.3 Å². The number of nitrogens with zero attached hydrogens (tertiary/aromatic N) is 1. The number of H-pyrrole nitrogens is 1. The highest BCUT2D eigenvalue weighted by molar-refractivity contribution is 7.90. The minimum absolute atomic E-state index is 0.0808. The van der Waals surface area contributed by atoms with Crippen LogP contribution in [0.4, 0.5) is 5.69 Å². The van der Waals surface area contributed by atoms with E-state index in [4.69, 9.17) is 23.2 Å². The van der Waals surface area contributed by atoms with Gasteiger partial charge < -0.3 is 15.4 Å². The zero-order valence-electron chi connectivity index (χ0n) is 20.4. The number of anilines is 1. The molecule has 1 amide bonds. The number of aryl methyl sites for hydroxylation is 1. The number of halogens is 2. The van der Waals surface area contributed by atoms with Gasteiger partial charge in [-0.05, 0) is 67.8 Å². The number of aliphatic hydroxyl groups is 1. The molecule has 37 heavy (non-hydrogen) atoms. The number of aliphatic hydroxyl groups excluding tert-OH is 1. The van der Waals surface area contributed by atoms with Crippen molar-refractivity contribution in [2.24, 2.45) is 0 Å². The minimum Gasteiger partial charge on any atom is -0.392 e. The van der Waals surface area contributed by atoms with E-state index in [0.29, 0.717) is 35.5 Å². The molecule has 1 atom stereocenters. The summed E-state index contributed by atoms with van der Waals surface area (Å²) in [5.41, 5.74) is 5.74. The fraction of sp³-hybridized carbons (Fsp3) is 0.296. The summed E-state index contributed by atoms with van der Waals surface area (Å²) in [5.74, 6) is -0.650. The first-order valence-electron chi connectivity index (χ1n) is 11.9. The van der Waals surface area contributed by atoms with Crippen molar-refractivity contribution in [3.05, 3.63) is 80.1 Å². The van der Waals surface area contributed by atoms with Gasteiger partial charge in [-0.3, -0.25) is 9.69 Å². The molecule has 3 N–H and O–H groups in total. The van der Waals surface area contributed by atoms with Crippen LogP contribution in [0, 0.1) is 13.8 Å². The standard InChI is InChI=1S/C27H27Cl2N3O4S/c1-15-21(13-32-9-8-17(33)12-32)16(2)30-26(15)11-20-19-10-18(6-7-25(19)31-27(20)34)37(35,36)14-22-23(28)4-3-5-24(22)29/h3-7,10-11,17,30,33H,8-9,12-14H2,1-2H3,(H,31,34)/b20-11-/t17-/m1/s1. The summed E-state index contributed by atoms with van der Waals surface area (Å²) in [6.07, 6.45) is 2.25. The lowest BCUT2D eigenvalue weighted by atomic mass is 10.0. The second-order valence-electron chi connectivity index (χ2n) is 9.62. The normalized spacial score (nSPS) is 19.0. The maximum atomic E-state index is 13.3. The van der Waals surface area contributed by atoms with Crippen molar-refractivity contribution >= 4 is 56.3 Å². The number of amides is 1. The molecule has 2 aromatic carbocycles. The number of rotatable bonds is 6. The highest BCUT2D eigenvalue weighted by Gasteiger charge is 2.29. The van der Waals surface area contributed by atoms with Gasteiger partial charge in [0.25, 0.3) is 5.91 Å². The van der Waals surface area contributed by atoms with Gasteiger partial charge in [-0.15, -0.1) is 0 Å². The molecule has 1 aromatic heterocycles. The number of aromatic nitrogens is 1. The number of fused-ring (bicyclic) bond motifs is 1. The summed E-state index contributed by atoms with van der Waals surface area (Å²) in [6, 6.07) is 9.48. The maximum Gasteiger partial charge on any atom is 0.256 e. The van der Waals surface area contributed by atoms with E-state index in [1.807, 2.05) is 13.8 Å². The Labute approximate surface area is 226 Å². The number of β-amino-alcohol motifs (C(OH)–C–C–N with tert-alkyl or cyclic N) is 1. The van der Waals surface area contributed by atoms with Gasteiger partial charge >= 0.3 is 0 Å². The highest BCUT2D eigenvalue weighted by Crippen LogP contribution is 2.37. The topological polar surface area (TPSA) is 102 Å². The maximum absolute atomic E-state index is 13.3. The Bertz CT molecular complexity index is 1520. The number of likely N-dealkylation sites (tertiary alicyclic amines) is 1. The first-order valence-corrected chi connectivity index (χ1v) is 14.4. The number of hydrogen-bond acceptors (Lipinski definition) is 5. The van der Waals surface area contributed by atoms with Gasteiger partial charge in [0, 0.05) is 57.9 Å². The molecular weight excluding hydrogens is 533 g/mol. The lowest BCUT2D eigenvalue weighted by Gasteiger charge is -2.15. The van der Waals surface area contributed by atoms with Crippen LogP contribution in [-0.4, -0.2) is 48.5 Å². The molecule has 0 unspecified atom stereocenters. The Kier molecular flexibility index (Phi) is 6.98. The fourth-order valence-corrected chi connectivity index (χ4v) is 7.09. The summed E-state index contributed by atoms with van der Waals surface area (Å²) in [6.45, 7) is 6.19. The van der Waals surface area contributed by atoms with E-state index in [9.17, 15) is 18.3 Å². The van der Waals surface area contributed by atoms with Gasteiger partial charge in [0.1, 0.15) is 0 Å². The molecule has 0 bridgehead atoms. The number of nitrogens with one attached hydrogen (secondary N) is 2. The highest BCUT2D eigenvalue weighted by atomic mass is 35.5. The van der Waals surface area contributed by atoms with Crippen molar-refractivity contribution in [1.29, 1.82) is 0 Å². The molecule has 0 saturated carbocycles. The lowest BCUT2D eigenvalue weighted by molar-refractivity contribution is -0.110. The predicted octanol–water partition coefficient (Wildman–Crippen LogP) is 4.97. The molecule has 3 aromatic rings. The third-order valence-corrected chi connectivity index (χ3v) is 9.43. The van der Waals surface area contributed by atoms with Crippen LogP contribution in [0.25, 0.3) is 11.6 Å². The lowest BCUT2D eigenvalue weighted by Crippen LogP contribution is -2.22. The van der Waals surface area contributed by atoms with Gasteiger partial charge in [-0.2, -0.15) is 0 Å². The molecule has 7 nitrogen and oxygen atoms in total. The summed E-state index contributed by atoms with van der Waals surface area (Å²) < 4.78 is 26.5. The van der Waals surface area contributed by atoms with Crippen molar-refractivity contribution in [3.8, 4) is 0 Å². The van der Waals surface area contributed by atoms with E-state index in [2.05, 4.69) is 15.2 Å². The second kappa shape index (κ2) is 9.93. The molecule has 2 aliphatic heterocycles. The SMILES string of the molecule is Cc1[nH]c(/C=C2\C(=O)Nc3ccc(S(=O)(=O)Cc4c(Cl)cccc4Cl)cc32)c(C)c1CN1CC[C@@H](O)C1. The molecule has 3 heterocycles. The quantitative estimate of drug-likeness (QED) is 0.370. The average molecular weight is 561 g/mol. The Morgan fingerprint density at radius 2 is 1.86 bits per heavy atom. The Balaban J connectivity index is 1.48. The molecule has 0 radical (unpaired) electrons. The van der Waals surface area contributed by atoms with Crippen molar-refractivity contribution in [2.45, 2.75) is 43.6 Å². The molecule has 0 spiro atoms. The molecule has 1 saturated heterocycles. The summed E-state index contributed by atoms with van der Waals surface area (Å²) in [4.78, 5) is 18.5. The second-order valence-corrected chi connectivity index (χ2v) is 12.4. The zero-order chi connectivity index (χ0) is 26.5. The molecule has 5 rings (SSSR count). The predicted molar refractivity (Wildman–Crippen MR) is 146 cm³/mol. The van der Waals surface area contributed by atoms with Crippen LogP contribution in [-0.2, 0) is 26.9 Å². The largest absolute Gasteiger partial charge is 0.392 e. The van der Waals surface area contributed by atoms with Gasteiger partial charge in [0.2, 0.25) is 0 Å². The molecule has 10 heteroatoms. The van der Waals surface area contributed by atoms with E-state index in [0.717, 1.165) is 35.5 Å². The average Bonchev–Trinajstić information content (AvgIpc) is 3.48. The van der Waals surface area contributed by atoms with Crippen LogP contribution in [0.3, 0.4) is 0 Å². The molecule has 2 aliphatic rings. The van der Waals surface area contributed by atoms with Crippen LogP contribution in [0.15, 0.2) is 41.3 Å². The summed E-state index contributed by atoms with van der Waals surface area (Å²) in [7, 11) is -3.79. The van der Waals surface area contributed by atoms with E-state index in [1.165, 1.54) is 12.1 Å². The number of benzene rings is 2. The number of aromatic amines is 1. The van der Waals surface area contributed by atoms with Crippen LogP contribution in [0.2, 0.25) is 10.0 Å². The summed E-state index contributed by atoms with van der Waals surface area (Å²) in [5, 5.41) is 13.3. The van der Waals surface area contributed by atoms with Crippen molar-refractivity contribution in [1.82, 2.24) is 9.88 Å². The third-order valence-electron chi connectivity index (χ3n) is 7.08. The molecule has 1 fully saturated rings. The van der Waals surface area contributed by atoms with Gasteiger partial charge in [-0.25, -0.2) is 8.42 Å². The fourth-order valence-electron chi connectivity index (χ4n) is 4.97. The molecular formula is C27H27Cl2N3O4S. The number of sulfone groups is 1. The smallest absolute Gasteiger partial charge is 0.256 e. The number of hydrogen-bond donors (Lipinski definition) is 3. The van der Waals surface area contributed by atoms with Crippen LogP contribution >= 0.6 is 23.2 Å². The monoisotopic (exact) mass is 559 g/mol. The zero-order valence-corrected chi connectivity index (χ0v) is 22.8. The van der Waals surface area contributed by atoms with Crippen LogP contribution in [0.1, 0.15) is 40.1 Å². The van der Waals surface area contributed by atoms with Gasteiger partial charge in [0.15, 0.2) is 9.84 Å². The molecule has 0 aliphatic carbocycles. The van der Waals surface area contributed by atoms with Crippen LogP contribution < -0.4 is 5.32 Å². The van der Waals surface area contributed by atoms with E-state index >= 15 is 0 Å². The number of carbonyl (C=O) groups is 1.